The van der Waals surface area contributed by atoms with E-state index in [1.54, 1.807) is 4.90 Å². The van der Waals surface area contributed by atoms with Gasteiger partial charge in [-0.15, -0.1) is 0 Å². The predicted molar refractivity (Wildman–Crippen MR) is 139 cm³/mol. The maximum Gasteiger partial charge on any atom is 0.257 e. The number of sulfonamides is 1. The van der Waals surface area contributed by atoms with E-state index in [1.165, 1.54) is 50.1 Å². The molecule has 0 aliphatic carbocycles. The van der Waals surface area contributed by atoms with Crippen molar-refractivity contribution in [1.29, 1.82) is 0 Å². The zero-order valence-corrected chi connectivity index (χ0v) is 21.8. The Balaban J connectivity index is 1.56. The molecule has 1 atom stereocenters. The highest BCUT2D eigenvalue weighted by Gasteiger charge is 2.24. The molecule has 2 N–H and O–H groups in total. The molecule has 0 radical (unpaired) electrons. The maximum absolute atomic E-state index is 13.6. The quantitative estimate of drug-likeness (QED) is 0.672. The van der Waals surface area contributed by atoms with Crippen molar-refractivity contribution in [2.75, 3.05) is 39.9 Å². The molecule has 1 fully saturated rings. The van der Waals surface area contributed by atoms with Crippen molar-refractivity contribution in [2.24, 2.45) is 5.14 Å². The zero-order chi connectivity index (χ0) is 25.5. The molecule has 2 aliphatic heterocycles. The Hall–Kier alpha value is -2.62. The molecule has 0 saturated carbocycles. The van der Waals surface area contributed by atoms with Gasteiger partial charge in [0.2, 0.25) is 10.0 Å². The summed E-state index contributed by atoms with van der Waals surface area (Å²) < 4.78 is 35.2. The number of methoxy groups -OCH3 is 1. The Bertz CT molecular complexity index is 1150. The second-order valence-corrected chi connectivity index (χ2v) is 11.2. The molecule has 1 unspecified atom stereocenters. The van der Waals surface area contributed by atoms with Gasteiger partial charge in [0.1, 0.15) is 18.1 Å². The molecule has 9 heteroatoms. The highest BCUT2D eigenvalue weighted by molar-refractivity contribution is 7.89. The van der Waals surface area contributed by atoms with Crippen LogP contribution in [0.3, 0.4) is 0 Å². The van der Waals surface area contributed by atoms with Crippen LogP contribution in [0.25, 0.3) is 0 Å². The molecule has 8 nitrogen and oxygen atoms in total. The van der Waals surface area contributed by atoms with Gasteiger partial charge in [0.05, 0.1) is 24.1 Å². The largest absolute Gasteiger partial charge is 0.496 e. The number of piperidine rings is 1. The standard InChI is InChI=1S/C27H37N3O5S/c1-34-26-13-12-24(36(28,32)33)20-25(26)27(31)30-16-5-4-15-29-14-3-2-8-22(29)11-10-21-7-6-9-23(19-21)35-18-17-30/h6-7,9,12-13,19-20,22H,2-5,8,10-11,14-18H2,1H3,(H2,28,32,33). The van der Waals surface area contributed by atoms with Gasteiger partial charge < -0.3 is 19.3 Å². The molecular formula is C27H37N3O5S. The topological polar surface area (TPSA) is 102 Å². The Morgan fingerprint density at radius 1 is 1.00 bits per heavy atom. The summed E-state index contributed by atoms with van der Waals surface area (Å²) >= 11 is 0. The molecule has 2 aromatic rings. The van der Waals surface area contributed by atoms with Gasteiger partial charge in [-0.05, 0) is 87.5 Å². The predicted octanol–water partition coefficient (Wildman–Crippen LogP) is 3.44. The first-order valence-corrected chi connectivity index (χ1v) is 14.4. The summed E-state index contributed by atoms with van der Waals surface area (Å²) in [5.74, 6) is 0.812. The lowest BCUT2D eigenvalue weighted by atomic mass is 9.95. The van der Waals surface area contributed by atoms with Crippen molar-refractivity contribution in [3.8, 4) is 11.5 Å². The van der Waals surface area contributed by atoms with Crippen LogP contribution in [0.15, 0.2) is 47.4 Å². The van der Waals surface area contributed by atoms with Gasteiger partial charge in [-0.2, -0.15) is 0 Å². The Morgan fingerprint density at radius 3 is 2.56 bits per heavy atom. The van der Waals surface area contributed by atoms with Gasteiger partial charge in [-0.25, -0.2) is 13.6 Å². The zero-order valence-electron chi connectivity index (χ0n) is 21.0. The molecule has 4 rings (SSSR count). The smallest absolute Gasteiger partial charge is 0.257 e. The molecule has 196 valence electrons. The van der Waals surface area contributed by atoms with Crippen molar-refractivity contribution in [2.45, 2.75) is 55.9 Å². The number of carbonyl (C=O) groups excluding carboxylic acids is 1. The van der Waals surface area contributed by atoms with E-state index in [9.17, 15) is 13.2 Å². The third-order valence-corrected chi connectivity index (χ3v) is 8.10. The summed E-state index contributed by atoms with van der Waals surface area (Å²) in [5, 5.41) is 5.32. The molecule has 2 bridgehead atoms. The molecule has 36 heavy (non-hydrogen) atoms. The Kier molecular flexibility index (Phi) is 8.87. The summed E-state index contributed by atoms with van der Waals surface area (Å²) in [5.41, 5.74) is 1.45. The van der Waals surface area contributed by atoms with Gasteiger partial charge in [0.25, 0.3) is 5.91 Å². The van der Waals surface area contributed by atoms with Crippen LogP contribution in [-0.2, 0) is 16.4 Å². The number of nitrogens with zero attached hydrogens (tertiary/aromatic N) is 2. The van der Waals surface area contributed by atoms with Gasteiger partial charge >= 0.3 is 0 Å². The fourth-order valence-electron chi connectivity index (χ4n) is 5.21. The minimum absolute atomic E-state index is 0.116. The first kappa shape index (κ1) is 26.4. The second kappa shape index (κ2) is 12.1. The molecule has 1 saturated heterocycles. The average Bonchev–Trinajstić information content (AvgIpc) is 2.88. The molecule has 2 heterocycles. The minimum atomic E-state index is -3.96. The summed E-state index contributed by atoms with van der Waals surface area (Å²) in [6.07, 6.45) is 7.78. The second-order valence-electron chi connectivity index (χ2n) is 9.63. The molecule has 0 spiro atoms. The average molecular weight is 516 g/mol. The number of fused-ring (bicyclic) bond motifs is 3. The van der Waals surface area contributed by atoms with Crippen LogP contribution >= 0.6 is 0 Å². The van der Waals surface area contributed by atoms with E-state index in [4.69, 9.17) is 14.6 Å². The summed E-state index contributed by atoms with van der Waals surface area (Å²) in [4.78, 5) is 17.8. The van der Waals surface area contributed by atoms with Crippen LogP contribution in [0.4, 0.5) is 0 Å². The van der Waals surface area contributed by atoms with E-state index in [2.05, 4.69) is 17.0 Å². The van der Waals surface area contributed by atoms with Gasteiger partial charge in [0.15, 0.2) is 0 Å². The lowest BCUT2D eigenvalue weighted by molar-refractivity contribution is 0.0718. The number of amides is 1. The van der Waals surface area contributed by atoms with E-state index >= 15 is 0 Å². The van der Waals surface area contributed by atoms with Crippen molar-refractivity contribution in [3.63, 3.8) is 0 Å². The van der Waals surface area contributed by atoms with Gasteiger partial charge in [-0.1, -0.05) is 18.6 Å². The third-order valence-electron chi connectivity index (χ3n) is 7.18. The number of primary sulfonamides is 1. The number of nitrogens with two attached hydrogens (primary N) is 1. The fraction of sp³-hybridized carbons (Fsp3) is 0.519. The number of hydrogen-bond acceptors (Lipinski definition) is 6. The minimum Gasteiger partial charge on any atom is -0.496 e. The SMILES string of the molecule is COc1ccc(S(N)(=O)=O)cc1C(=O)N1CCCCN2CCCCC2CCc2cccc(c2)OCC1. The van der Waals surface area contributed by atoms with E-state index in [0.29, 0.717) is 31.5 Å². The number of hydrogen-bond donors (Lipinski definition) is 1. The van der Waals surface area contributed by atoms with Gasteiger partial charge in [-0.3, -0.25) is 4.79 Å². The van der Waals surface area contributed by atoms with Crippen LogP contribution in [0.5, 0.6) is 11.5 Å². The lowest BCUT2D eigenvalue weighted by Crippen LogP contribution is -2.41. The maximum atomic E-state index is 13.6. The van der Waals surface area contributed by atoms with Crippen molar-refractivity contribution >= 4 is 15.9 Å². The summed E-state index contributed by atoms with van der Waals surface area (Å²) in [6.45, 7) is 3.41. The van der Waals surface area contributed by atoms with Crippen molar-refractivity contribution in [3.05, 3.63) is 53.6 Å². The first-order valence-electron chi connectivity index (χ1n) is 12.8. The van der Waals surface area contributed by atoms with E-state index < -0.39 is 10.0 Å². The lowest BCUT2D eigenvalue weighted by Gasteiger charge is -2.36. The van der Waals surface area contributed by atoms with Crippen LogP contribution in [0.2, 0.25) is 0 Å². The number of aryl methyl sites for hydroxylation is 1. The fourth-order valence-corrected chi connectivity index (χ4v) is 5.75. The van der Waals surface area contributed by atoms with Crippen molar-refractivity contribution in [1.82, 2.24) is 9.80 Å². The van der Waals surface area contributed by atoms with E-state index in [0.717, 1.165) is 44.5 Å². The highest BCUT2D eigenvalue weighted by atomic mass is 32.2. The van der Waals surface area contributed by atoms with Crippen LogP contribution < -0.4 is 14.6 Å². The monoisotopic (exact) mass is 515 g/mol. The summed E-state index contributed by atoms with van der Waals surface area (Å²) in [7, 11) is -2.50. The molecule has 2 aromatic carbocycles. The highest BCUT2D eigenvalue weighted by Crippen LogP contribution is 2.26. The van der Waals surface area contributed by atoms with Gasteiger partial charge in [0, 0.05) is 12.6 Å². The molecule has 2 aliphatic rings. The normalized spacial score (nSPS) is 20.4. The number of carbonyl (C=O) groups is 1. The summed E-state index contributed by atoms with van der Waals surface area (Å²) in [6, 6.07) is 12.9. The van der Waals surface area contributed by atoms with E-state index in [1.807, 2.05) is 12.1 Å². The van der Waals surface area contributed by atoms with E-state index in [-0.39, 0.29) is 16.4 Å². The van der Waals surface area contributed by atoms with Crippen LogP contribution in [-0.4, -0.2) is 70.1 Å². The first-order chi connectivity index (χ1) is 17.3. The molecule has 0 aromatic heterocycles. The number of ether oxygens (including phenoxy) is 2. The van der Waals surface area contributed by atoms with Crippen LogP contribution in [0, 0.1) is 0 Å². The van der Waals surface area contributed by atoms with Crippen LogP contribution in [0.1, 0.15) is 54.4 Å². The molecular weight excluding hydrogens is 478 g/mol. The number of benzene rings is 2. The third kappa shape index (κ3) is 6.78. The van der Waals surface area contributed by atoms with Crippen molar-refractivity contribution < 1.29 is 22.7 Å². The molecule has 1 amide bonds. The number of rotatable bonds is 3. The Morgan fingerprint density at radius 2 is 1.78 bits per heavy atom. The Labute approximate surface area is 214 Å².